The van der Waals surface area contributed by atoms with Crippen LogP contribution < -0.4 is 9.47 Å². The average Bonchev–Trinajstić information content (AvgIpc) is 2.52. The molecule has 0 bridgehead atoms. The Morgan fingerprint density at radius 3 is 2.55 bits per heavy atom. The highest BCUT2D eigenvalue weighted by atomic mass is 16.6. The summed E-state index contributed by atoms with van der Waals surface area (Å²) >= 11 is 0. The van der Waals surface area contributed by atoms with Crippen LogP contribution in [0.1, 0.15) is 10.4 Å². The van der Waals surface area contributed by atoms with Crippen molar-refractivity contribution in [2.24, 2.45) is 0 Å². The third kappa shape index (κ3) is 3.95. The standard InChI is InChI=1S/C15H13NO6/c17-15(18)11-4-3-5-12(10-11)21-8-9-22-14-7-2-1-6-13(14)16(19)20/h1-7,10H,8-9H2,(H,17,18). The number of hydrogen-bond acceptors (Lipinski definition) is 5. The first kappa shape index (κ1) is 15.3. The molecule has 0 fully saturated rings. The number of ether oxygens (including phenoxy) is 2. The first-order valence-corrected chi connectivity index (χ1v) is 6.40. The summed E-state index contributed by atoms with van der Waals surface area (Å²) in [4.78, 5) is 21.1. The van der Waals surface area contributed by atoms with Gasteiger partial charge in [0.2, 0.25) is 0 Å². The number of carboxylic acids is 1. The Labute approximate surface area is 125 Å². The highest BCUT2D eigenvalue weighted by Gasteiger charge is 2.13. The van der Waals surface area contributed by atoms with E-state index in [1.165, 1.54) is 24.3 Å². The lowest BCUT2D eigenvalue weighted by molar-refractivity contribution is -0.385. The fraction of sp³-hybridized carbons (Fsp3) is 0.133. The van der Waals surface area contributed by atoms with Gasteiger partial charge >= 0.3 is 11.7 Å². The monoisotopic (exact) mass is 303 g/mol. The molecule has 0 aliphatic carbocycles. The van der Waals surface area contributed by atoms with Gasteiger partial charge in [-0.2, -0.15) is 0 Å². The number of nitrogens with zero attached hydrogens (tertiary/aromatic N) is 1. The summed E-state index contributed by atoms with van der Waals surface area (Å²) in [6, 6.07) is 12.1. The minimum Gasteiger partial charge on any atom is -0.490 e. The van der Waals surface area contributed by atoms with Crippen LogP contribution in [0.25, 0.3) is 0 Å². The molecule has 0 aromatic heterocycles. The summed E-state index contributed by atoms with van der Waals surface area (Å²) < 4.78 is 10.7. The van der Waals surface area contributed by atoms with Crippen molar-refractivity contribution >= 4 is 11.7 Å². The van der Waals surface area contributed by atoms with E-state index >= 15 is 0 Å². The molecule has 22 heavy (non-hydrogen) atoms. The normalized spacial score (nSPS) is 10.0. The van der Waals surface area contributed by atoms with Gasteiger partial charge in [0.25, 0.3) is 0 Å². The molecular weight excluding hydrogens is 290 g/mol. The zero-order valence-corrected chi connectivity index (χ0v) is 11.5. The number of para-hydroxylation sites is 2. The van der Waals surface area contributed by atoms with Crippen LogP contribution in [-0.2, 0) is 0 Å². The number of nitro benzene ring substituents is 1. The van der Waals surface area contributed by atoms with Crippen LogP contribution in [0.5, 0.6) is 11.5 Å². The summed E-state index contributed by atoms with van der Waals surface area (Å²) in [6.45, 7) is 0.233. The van der Waals surface area contributed by atoms with Gasteiger partial charge in [0.1, 0.15) is 19.0 Å². The smallest absolute Gasteiger partial charge is 0.335 e. The number of nitro groups is 1. The molecule has 2 rings (SSSR count). The molecule has 2 aromatic rings. The number of hydrogen-bond donors (Lipinski definition) is 1. The Kier molecular flexibility index (Phi) is 4.92. The highest BCUT2D eigenvalue weighted by molar-refractivity contribution is 5.87. The van der Waals surface area contributed by atoms with Gasteiger partial charge in [-0.1, -0.05) is 18.2 Å². The first-order chi connectivity index (χ1) is 10.6. The molecule has 0 aliphatic heterocycles. The molecule has 0 atom stereocenters. The number of rotatable bonds is 7. The Morgan fingerprint density at radius 2 is 1.82 bits per heavy atom. The first-order valence-electron chi connectivity index (χ1n) is 6.40. The molecule has 0 radical (unpaired) electrons. The number of benzene rings is 2. The Balaban J connectivity index is 1.89. The van der Waals surface area contributed by atoms with E-state index in [0.29, 0.717) is 5.75 Å². The van der Waals surface area contributed by atoms with Crippen LogP contribution >= 0.6 is 0 Å². The van der Waals surface area contributed by atoms with Crippen molar-refractivity contribution < 1.29 is 24.3 Å². The van der Waals surface area contributed by atoms with Gasteiger partial charge in [0.15, 0.2) is 5.75 Å². The van der Waals surface area contributed by atoms with E-state index in [2.05, 4.69) is 0 Å². The van der Waals surface area contributed by atoms with Gasteiger partial charge in [-0.3, -0.25) is 10.1 Å². The third-order valence-corrected chi connectivity index (χ3v) is 2.75. The van der Waals surface area contributed by atoms with E-state index < -0.39 is 10.9 Å². The highest BCUT2D eigenvalue weighted by Crippen LogP contribution is 2.25. The Bertz CT molecular complexity index is 685. The Morgan fingerprint density at radius 1 is 1.09 bits per heavy atom. The molecule has 0 saturated carbocycles. The molecule has 0 amide bonds. The van der Waals surface area contributed by atoms with Crippen LogP contribution in [0.15, 0.2) is 48.5 Å². The van der Waals surface area contributed by atoms with Crippen molar-refractivity contribution in [3.05, 3.63) is 64.2 Å². The number of carbonyl (C=O) groups is 1. The summed E-state index contributed by atoms with van der Waals surface area (Å²) in [5.41, 5.74) is 0.00694. The van der Waals surface area contributed by atoms with Crippen molar-refractivity contribution in [3.8, 4) is 11.5 Å². The zero-order valence-electron chi connectivity index (χ0n) is 11.5. The average molecular weight is 303 g/mol. The summed E-state index contributed by atoms with van der Waals surface area (Å²) in [5.74, 6) is -0.483. The summed E-state index contributed by atoms with van der Waals surface area (Å²) in [5, 5.41) is 19.7. The summed E-state index contributed by atoms with van der Waals surface area (Å²) in [7, 11) is 0. The van der Waals surface area contributed by atoms with E-state index in [4.69, 9.17) is 14.6 Å². The maximum atomic E-state index is 10.8. The van der Waals surface area contributed by atoms with Gasteiger partial charge in [0.05, 0.1) is 10.5 Å². The minimum absolute atomic E-state index is 0.0994. The lowest BCUT2D eigenvalue weighted by Crippen LogP contribution is -2.10. The maximum absolute atomic E-state index is 10.8. The van der Waals surface area contributed by atoms with Gasteiger partial charge < -0.3 is 14.6 Å². The van der Waals surface area contributed by atoms with Crippen LogP contribution in [0.3, 0.4) is 0 Å². The van der Waals surface area contributed by atoms with Crippen LogP contribution in [0.2, 0.25) is 0 Å². The predicted octanol–water partition coefficient (Wildman–Crippen LogP) is 2.75. The lowest BCUT2D eigenvalue weighted by atomic mass is 10.2. The maximum Gasteiger partial charge on any atom is 0.335 e. The van der Waals surface area contributed by atoms with Crippen molar-refractivity contribution in [1.82, 2.24) is 0 Å². The molecule has 7 nitrogen and oxygen atoms in total. The third-order valence-electron chi connectivity index (χ3n) is 2.75. The minimum atomic E-state index is -1.04. The fourth-order valence-electron chi connectivity index (χ4n) is 1.76. The van der Waals surface area contributed by atoms with E-state index in [1.54, 1.807) is 24.3 Å². The second-order valence-corrected chi connectivity index (χ2v) is 4.25. The second-order valence-electron chi connectivity index (χ2n) is 4.25. The van der Waals surface area contributed by atoms with Gasteiger partial charge in [-0.25, -0.2) is 4.79 Å². The quantitative estimate of drug-likeness (QED) is 0.479. The van der Waals surface area contributed by atoms with Crippen molar-refractivity contribution in [2.45, 2.75) is 0 Å². The molecule has 0 aliphatic rings. The van der Waals surface area contributed by atoms with E-state index in [1.807, 2.05) is 0 Å². The van der Waals surface area contributed by atoms with Crippen LogP contribution in [-0.4, -0.2) is 29.2 Å². The van der Waals surface area contributed by atoms with Crippen LogP contribution in [0.4, 0.5) is 5.69 Å². The number of carboxylic acid groups (broad SMARTS) is 1. The summed E-state index contributed by atoms with van der Waals surface area (Å²) in [6.07, 6.45) is 0. The largest absolute Gasteiger partial charge is 0.490 e. The molecule has 0 spiro atoms. The van der Waals surface area contributed by atoms with Crippen LogP contribution in [0, 0.1) is 10.1 Å². The van der Waals surface area contributed by atoms with Gasteiger partial charge in [0, 0.05) is 6.07 Å². The molecule has 2 aromatic carbocycles. The molecule has 7 heteroatoms. The zero-order chi connectivity index (χ0) is 15.9. The molecule has 114 valence electrons. The van der Waals surface area contributed by atoms with Gasteiger partial charge in [-0.05, 0) is 24.3 Å². The molecule has 0 unspecified atom stereocenters. The Hall–Kier alpha value is -3.09. The van der Waals surface area contributed by atoms with E-state index in [0.717, 1.165) is 0 Å². The SMILES string of the molecule is O=C(O)c1cccc(OCCOc2ccccc2[N+](=O)[O-])c1. The van der Waals surface area contributed by atoms with Crippen molar-refractivity contribution in [2.75, 3.05) is 13.2 Å². The second kappa shape index (κ2) is 7.07. The topological polar surface area (TPSA) is 98.9 Å². The molecule has 1 N–H and O–H groups in total. The van der Waals surface area contributed by atoms with Gasteiger partial charge in [-0.15, -0.1) is 0 Å². The van der Waals surface area contributed by atoms with E-state index in [-0.39, 0.29) is 30.2 Å². The van der Waals surface area contributed by atoms with Crippen molar-refractivity contribution in [3.63, 3.8) is 0 Å². The predicted molar refractivity (Wildman–Crippen MR) is 77.5 cm³/mol. The van der Waals surface area contributed by atoms with Crippen molar-refractivity contribution in [1.29, 1.82) is 0 Å². The molecule has 0 heterocycles. The lowest BCUT2D eigenvalue weighted by Gasteiger charge is -2.09. The number of aromatic carboxylic acids is 1. The molecule has 0 saturated heterocycles. The fourth-order valence-corrected chi connectivity index (χ4v) is 1.76. The van der Waals surface area contributed by atoms with E-state index in [9.17, 15) is 14.9 Å². The molecular formula is C15H13NO6.